The van der Waals surface area contributed by atoms with E-state index in [4.69, 9.17) is 28.1 Å². The second kappa shape index (κ2) is 8.45. The van der Waals surface area contributed by atoms with Crippen molar-refractivity contribution in [3.8, 4) is 11.9 Å². The number of hydrogen-bond donors (Lipinski definition) is 4. The summed E-state index contributed by atoms with van der Waals surface area (Å²) in [4.78, 5) is 26.2. The number of aromatic amines is 1. The monoisotopic (exact) mass is 514 g/mol. The number of nitrogens with one attached hydrogen (secondary N) is 2. The van der Waals surface area contributed by atoms with Gasteiger partial charge in [0.25, 0.3) is 5.56 Å². The Morgan fingerprint density at radius 2 is 2.12 bits per heavy atom. The molecule has 11 nitrogen and oxygen atoms in total. The number of nitrogens with two attached hydrogens (primary N) is 2. The average molecular weight is 516 g/mol. The Morgan fingerprint density at radius 1 is 1.34 bits per heavy atom. The first-order valence-corrected chi connectivity index (χ1v) is 10.5. The lowest BCUT2D eigenvalue weighted by Gasteiger charge is -2.22. The number of nitrogen functional groups attached to an aromatic ring is 2. The van der Waals surface area contributed by atoms with Crippen LogP contribution in [0.15, 0.2) is 33.7 Å². The van der Waals surface area contributed by atoms with Crippen molar-refractivity contribution < 1.29 is 0 Å². The third kappa shape index (κ3) is 3.61. The Balaban J connectivity index is 1.98. The second-order valence-electron chi connectivity index (χ2n) is 6.72. The molecule has 0 aliphatic rings. The summed E-state index contributed by atoms with van der Waals surface area (Å²) >= 11 is 9.72. The van der Waals surface area contributed by atoms with Crippen molar-refractivity contribution in [1.29, 1.82) is 5.26 Å². The topological polar surface area (TPSA) is 177 Å². The van der Waals surface area contributed by atoms with E-state index >= 15 is 0 Å². The number of H-pyrrole nitrogens is 1. The molecule has 4 rings (SSSR count). The van der Waals surface area contributed by atoms with Gasteiger partial charge in [-0.2, -0.15) is 20.3 Å². The summed E-state index contributed by atoms with van der Waals surface area (Å²) in [7, 11) is 0. The lowest BCUT2D eigenvalue weighted by Crippen LogP contribution is -2.29. The molecule has 4 aromatic rings. The Labute approximate surface area is 194 Å². The number of benzene rings is 1. The zero-order valence-electron chi connectivity index (χ0n) is 16.6. The molecule has 3 heterocycles. The maximum atomic E-state index is 13.5. The molecule has 0 fully saturated rings. The van der Waals surface area contributed by atoms with E-state index in [0.29, 0.717) is 28.1 Å². The van der Waals surface area contributed by atoms with Gasteiger partial charge in [-0.25, -0.2) is 9.55 Å². The molecule has 0 spiro atoms. The Kier molecular flexibility index (Phi) is 5.68. The van der Waals surface area contributed by atoms with E-state index in [-0.39, 0.29) is 39.1 Å². The van der Waals surface area contributed by atoms with Crippen LogP contribution < -0.4 is 22.3 Å². The molecule has 6 N–H and O–H groups in total. The minimum absolute atomic E-state index is 0.0399. The predicted molar refractivity (Wildman–Crippen MR) is 124 cm³/mol. The summed E-state index contributed by atoms with van der Waals surface area (Å²) in [6, 6.07) is 6.45. The van der Waals surface area contributed by atoms with Crippen molar-refractivity contribution in [2.75, 3.05) is 16.8 Å². The maximum Gasteiger partial charge on any atom is 0.268 e. The molecule has 1 atom stereocenters. The molecular formula is C19H16BrClN10O. The van der Waals surface area contributed by atoms with Gasteiger partial charge in [-0.3, -0.25) is 9.89 Å². The highest BCUT2D eigenvalue weighted by atomic mass is 79.9. The minimum atomic E-state index is -0.568. The quantitative estimate of drug-likeness (QED) is 0.311. The molecule has 3 aromatic heterocycles. The third-order valence-electron chi connectivity index (χ3n) is 4.77. The van der Waals surface area contributed by atoms with Crippen LogP contribution >= 0.6 is 27.5 Å². The number of aromatic nitrogens is 6. The fourth-order valence-electron chi connectivity index (χ4n) is 3.30. The largest absolute Gasteiger partial charge is 0.382 e. The van der Waals surface area contributed by atoms with Crippen LogP contribution in [0, 0.1) is 11.3 Å². The third-order valence-corrected chi connectivity index (χ3v) is 5.66. The van der Waals surface area contributed by atoms with Crippen molar-refractivity contribution in [2.45, 2.75) is 19.4 Å². The molecule has 1 aromatic carbocycles. The zero-order chi connectivity index (χ0) is 23.0. The Bertz CT molecular complexity index is 1440. The van der Waals surface area contributed by atoms with E-state index < -0.39 is 6.04 Å². The van der Waals surface area contributed by atoms with Crippen LogP contribution in [0.2, 0.25) is 5.02 Å². The number of nitriles is 1. The van der Waals surface area contributed by atoms with Gasteiger partial charge in [0, 0.05) is 0 Å². The molecule has 162 valence electrons. The lowest BCUT2D eigenvalue weighted by atomic mass is 10.1. The summed E-state index contributed by atoms with van der Waals surface area (Å²) in [6.45, 7) is 1.89. The van der Waals surface area contributed by atoms with E-state index in [1.807, 2.05) is 13.0 Å². The summed E-state index contributed by atoms with van der Waals surface area (Å²) in [6.07, 6.45) is 2.00. The van der Waals surface area contributed by atoms with Crippen LogP contribution in [0.3, 0.4) is 0 Å². The molecule has 13 heteroatoms. The fourth-order valence-corrected chi connectivity index (χ4v) is 3.92. The van der Waals surface area contributed by atoms with Gasteiger partial charge >= 0.3 is 0 Å². The lowest BCUT2D eigenvalue weighted by molar-refractivity contribution is 0.652. The SMILES string of the molecule is CC[C@H](Nc1nc(N)nc(N)c1C#N)c1nc2cccc(Cl)c2c(=O)n1-c1[nH]ncc1Br. The highest BCUT2D eigenvalue weighted by molar-refractivity contribution is 9.10. The molecule has 0 aliphatic heterocycles. The molecule has 0 aliphatic carbocycles. The zero-order valence-corrected chi connectivity index (χ0v) is 18.9. The molecule has 0 bridgehead atoms. The van der Waals surface area contributed by atoms with Gasteiger partial charge in [-0.05, 0) is 34.5 Å². The summed E-state index contributed by atoms with van der Waals surface area (Å²) in [5.41, 5.74) is 11.6. The van der Waals surface area contributed by atoms with E-state index in [1.54, 1.807) is 18.2 Å². The first-order chi connectivity index (χ1) is 15.3. The Hall–Kier alpha value is -3.69. The number of rotatable bonds is 5. The fraction of sp³-hybridized carbons (Fsp3) is 0.158. The van der Waals surface area contributed by atoms with Gasteiger partial charge in [-0.15, -0.1) is 0 Å². The first kappa shape index (κ1) is 21.5. The average Bonchev–Trinajstić information content (AvgIpc) is 3.17. The van der Waals surface area contributed by atoms with Gasteiger partial charge < -0.3 is 16.8 Å². The van der Waals surface area contributed by atoms with Crippen molar-refractivity contribution in [1.82, 2.24) is 29.7 Å². The van der Waals surface area contributed by atoms with Gasteiger partial charge in [0.2, 0.25) is 5.95 Å². The number of hydrogen-bond acceptors (Lipinski definition) is 9. The highest BCUT2D eigenvalue weighted by Crippen LogP contribution is 2.29. The molecular weight excluding hydrogens is 500 g/mol. The Morgan fingerprint density at radius 3 is 2.78 bits per heavy atom. The summed E-state index contributed by atoms with van der Waals surface area (Å²) in [5.74, 6) is 0.716. The molecule has 0 radical (unpaired) electrons. The summed E-state index contributed by atoms with van der Waals surface area (Å²) < 4.78 is 1.93. The second-order valence-corrected chi connectivity index (χ2v) is 7.98. The minimum Gasteiger partial charge on any atom is -0.382 e. The van der Waals surface area contributed by atoms with Crippen LogP contribution in [0.1, 0.15) is 30.8 Å². The smallest absolute Gasteiger partial charge is 0.268 e. The van der Waals surface area contributed by atoms with Crippen LogP contribution in [-0.2, 0) is 0 Å². The first-order valence-electron chi connectivity index (χ1n) is 9.35. The van der Waals surface area contributed by atoms with Crippen molar-refractivity contribution in [3.63, 3.8) is 0 Å². The van der Waals surface area contributed by atoms with Gasteiger partial charge in [0.15, 0.2) is 11.6 Å². The van der Waals surface area contributed by atoms with E-state index in [9.17, 15) is 10.1 Å². The van der Waals surface area contributed by atoms with Crippen LogP contribution in [0.5, 0.6) is 0 Å². The predicted octanol–water partition coefficient (Wildman–Crippen LogP) is 2.91. The number of fused-ring (bicyclic) bond motifs is 1. The van der Waals surface area contributed by atoms with E-state index in [1.165, 1.54) is 10.8 Å². The van der Waals surface area contributed by atoms with Crippen molar-refractivity contribution in [2.24, 2.45) is 0 Å². The molecule has 32 heavy (non-hydrogen) atoms. The van der Waals surface area contributed by atoms with E-state index in [2.05, 4.69) is 41.4 Å². The van der Waals surface area contributed by atoms with Gasteiger partial charge in [0.1, 0.15) is 23.3 Å². The van der Waals surface area contributed by atoms with Crippen LogP contribution in [0.25, 0.3) is 16.7 Å². The van der Waals surface area contributed by atoms with Crippen LogP contribution in [-0.4, -0.2) is 29.7 Å². The van der Waals surface area contributed by atoms with E-state index in [0.717, 1.165) is 0 Å². The molecule has 0 unspecified atom stereocenters. The highest BCUT2D eigenvalue weighted by Gasteiger charge is 2.25. The van der Waals surface area contributed by atoms with Crippen molar-refractivity contribution in [3.05, 3.63) is 55.6 Å². The standard InChI is InChI=1S/C19H16BrClN10O/c1-2-11(26-15-8(6-22)14(23)28-19(24)29-15)17-27-12-5-3-4-10(21)13(12)18(32)31(17)16-9(20)7-25-30-16/h3-5,7,11H,2H2,1H3,(H,25,30)(H5,23,24,26,28,29)/t11-/m0/s1. The number of anilines is 3. The van der Waals surface area contributed by atoms with Crippen molar-refractivity contribution >= 4 is 56.0 Å². The summed E-state index contributed by atoms with van der Waals surface area (Å²) in [5, 5.41) is 20.0. The normalized spacial score (nSPS) is 11.9. The number of nitrogens with zero attached hydrogens (tertiary/aromatic N) is 6. The van der Waals surface area contributed by atoms with Gasteiger partial charge in [-0.1, -0.05) is 24.6 Å². The molecule has 0 saturated carbocycles. The van der Waals surface area contributed by atoms with Crippen LogP contribution in [0.4, 0.5) is 17.6 Å². The number of halogens is 2. The molecule has 0 amide bonds. The van der Waals surface area contributed by atoms with Gasteiger partial charge in [0.05, 0.1) is 32.6 Å². The maximum absolute atomic E-state index is 13.5. The molecule has 0 saturated heterocycles.